The van der Waals surface area contributed by atoms with E-state index >= 15 is 0 Å². The predicted molar refractivity (Wildman–Crippen MR) is 108 cm³/mol. The minimum atomic E-state index is -0.764. The number of aliphatic carboxylic acids is 1. The van der Waals surface area contributed by atoms with Gasteiger partial charge in [0.1, 0.15) is 0 Å². The molecule has 1 aliphatic carbocycles. The first-order chi connectivity index (χ1) is 12.9. The van der Waals surface area contributed by atoms with Gasteiger partial charge in [0.15, 0.2) is 0 Å². The van der Waals surface area contributed by atoms with Crippen LogP contribution < -0.4 is 0 Å². The van der Waals surface area contributed by atoms with Crippen molar-refractivity contribution < 1.29 is 20.1 Å². The first kappa shape index (κ1) is 21.9. The molecule has 0 amide bonds. The minimum absolute atomic E-state index is 0.0143. The highest BCUT2D eigenvalue weighted by Gasteiger charge is 2.41. The Hall–Kier alpha value is -1.36. The largest absolute Gasteiger partial charge is 0.481 e. The second-order valence-electron chi connectivity index (χ2n) is 7.74. The molecule has 0 spiro atoms. The normalized spacial score (nSPS) is 26.5. The molecule has 1 fully saturated rings. The van der Waals surface area contributed by atoms with E-state index in [1.54, 1.807) is 0 Å². The lowest BCUT2D eigenvalue weighted by Crippen LogP contribution is -2.18. The fourth-order valence-corrected chi connectivity index (χ4v) is 4.35. The van der Waals surface area contributed by atoms with Crippen LogP contribution in [0.3, 0.4) is 0 Å². The SMILES string of the molecule is CC(CO)Cc1ccc([C@@H]2[C@@H](C/C=C\CCCC(=O)O)[C@@H](Cl)C[C@H]2O)cc1. The van der Waals surface area contributed by atoms with Crippen LogP contribution in [0.2, 0.25) is 0 Å². The Bertz CT molecular complexity index is 613. The number of aliphatic hydroxyl groups excluding tert-OH is 2. The third kappa shape index (κ3) is 6.63. The molecule has 0 bridgehead atoms. The van der Waals surface area contributed by atoms with Gasteiger partial charge in [-0.3, -0.25) is 4.79 Å². The summed E-state index contributed by atoms with van der Waals surface area (Å²) in [6.07, 6.45) is 7.44. The van der Waals surface area contributed by atoms with Gasteiger partial charge in [-0.15, -0.1) is 11.6 Å². The first-order valence-electron chi connectivity index (χ1n) is 9.81. The Morgan fingerprint density at radius 1 is 1.30 bits per heavy atom. The topological polar surface area (TPSA) is 77.8 Å². The summed E-state index contributed by atoms with van der Waals surface area (Å²) in [5.41, 5.74) is 2.29. The average molecular weight is 395 g/mol. The lowest BCUT2D eigenvalue weighted by molar-refractivity contribution is -0.137. The maximum atomic E-state index is 10.5. The van der Waals surface area contributed by atoms with Crippen LogP contribution in [0.1, 0.15) is 56.1 Å². The molecule has 2 rings (SSSR count). The molecule has 1 aliphatic rings. The maximum Gasteiger partial charge on any atom is 0.303 e. The molecule has 5 atom stereocenters. The quantitative estimate of drug-likeness (QED) is 0.317. The van der Waals surface area contributed by atoms with E-state index in [0.29, 0.717) is 12.8 Å². The molecule has 1 aromatic rings. The molecule has 1 aromatic carbocycles. The number of rotatable bonds is 10. The standard InChI is InChI=1S/C22H31ClO4/c1-15(14-24)12-16-8-10-17(11-9-16)22-18(19(23)13-20(22)25)6-4-2-3-5-7-21(26)27/h2,4,8-11,15,18-20,22,24-25H,3,5-7,12-14H2,1H3,(H,26,27)/b4-2-/t15?,18-,19-,20+,22+/m0/s1. The van der Waals surface area contributed by atoms with Gasteiger partial charge in [-0.1, -0.05) is 43.3 Å². The molecule has 150 valence electrons. The number of carboxylic acid groups (broad SMARTS) is 1. The van der Waals surface area contributed by atoms with Gasteiger partial charge >= 0.3 is 5.97 Å². The molecular formula is C22H31ClO4. The van der Waals surface area contributed by atoms with Crippen LogP contribution in [0, 0.1) is 11.8 Å². The number of allylic oxidation sites excluding steroid dienone is 2. The van der Waals surface area contributed by atoms with Crippen molar-refractivity contribution in [3.05, 3.63) is 47.5 Å². The van der Waals surface area contributed by atoms with Crippen molar-refractivity contribution >= 4 is 17.6 Å². The van der Waals surface area contributed by atoms with Crippen molar-refractivity contribution in [2.75, 3.05) is 6.61 Å². The van der Waals surface area contributed by atoms with E-state index in [-0.39, 0.29) is 36.2 Å². The van der Waals surface area contributed by atoms with E-state index < -0.39 is 12.1 Å². The summed E-state index contributed by atoms with van der Waals surface area (Å²) in [7, 11) is 0. The van der Waals surface area contributed by atoms with Crippen LogP contribution >= 0.6 is 11.6 Å². The number of unbranched alkanes of at least 4 members (excludes halogenated alkanes) is 1. The Balaban J connectivity index is 1.98. The lowest BCUT2D eigenvalue weighted by Gasteiger charge is -2.23. The van der Waals surface area contributed by atoms with Crippen LogP contribution in [-0.2, 0) is 11.2 Å². The summed E-state index contributed by atoms with van der Waals surface area (Å²) >= 11 is 6.52. The zero-order chi connectivity index (χ0) is 19.8. The minimum Gasteiger partial charge on any atom is -0.481 e. The van der Waals surface area contributed by atoms with E-state index in [4.69, 9.17) is 16.7 Å². The second-order valence-corrected chi connectivity index (χ2v) is 8.30. The fourth-order valence-electron chi connectivity index (χ4n) is 3.91. The molecule has 1 unspecified atom stereocenters. The predicted octanol–water partition coefficient (Wildman–Crippen LogP) is 4.13. The van der Waals surface area contributed by atoms with Gasteiger partial charge < -0.3 is 15.3 Å². The molecule has 3 N–H and O–H groups in total. The number of carbonyl (C=O) groups is 1. The van der Waals surface area contributed by atoms with Crippen molar-refractivity contribution in [2.45, 2.75) is 62.8 Å². The monoisotopic (exact) mass is 394 g/mol. The summed E-state index contributed by atoms with van der Waals surface area (Å²) in [4.78, 5) is 10.5. The van der Waals surface area contributed by atoms with E-state index in [1.165, 1.54) is 5.56 Å². The zero-order valence-electron chi connectivity index (χ0n) is 15.9. The molecule has 5 heteroatoms. The fraction of sp³-hybridized carbons (Fsp3) is 0.591. The number of alkyl halides is 1. The summed E-state index contributed by atoms with van der Waals surface area (Å²) in [5, 5.41) is 28.3. The number of halogens is 1. The van der Waals surface area contributed by atoms with Crippen molar-refractivity contribution in [1.82, 2.24) is 0 Å². The Morgan fingerprint density at radius 2 is 2.00 bits per heavy atom. The van der Waals surface area contributed by atoms with Crippen LogP contribution in [-0.4, -0.2) is 39.4 Å². The second kappa shape index (κ2) is 10.8. The Kier molecular flexibility index (Phi) is 8.81. The molecule has 0 saturated heterocycles. The van der Waals surface area contributed by atoms with E-state index in [2.05, 4.69) is 30.3 Å². The van der Waals surface area contributed by atoms with Crippen LogP contribution in [0.25, 0.3) is 0 Å². The molecular weight excluding hydrogens is 364 g/mol. The molecule has 0 radical (unpaired) electrons. The molecule has 4 nitrogen and oxygen atoms in total. The molecule has 1 saturated carbocycles. The highest BCUT2D eigenvalue weighted by atomic mass is 35.5. The maximum absolute atomic E-state index is 10.5. The third-order valence-electron chi connectivity index (χ3n) is 5.40. The molecule has 27 heavy (non-hydrogen) atoms. The summed E-state index contributed by atoms with van der Waals surface area (Å²) in [5.74, 6) is -0.348. The summed E-state index contributed by atoms with van der Waals surface area (Å²) in [6, 6.07) is 8.31. The Labute approximate surface area is 166 Å². The van der Waals surface area contributed by atoms with Crippen LogP contribution in [0.15, 0.2) is 36.4 Å². The number of carboxylic acids is 1. The van der Waals surface area contributed by atoms with Gasteiger partial charge in [0.2, 0.25) is 0 Å². The number of hydrogen-bond donors (Lipinski definition) is 3. The summed E-state index contributed by atoms with van der Waals surface area (Å²) in [6.45, 7) is 2.20. The Morgan fingerprint density at radius 3 is 2.63 bits per heavy atom. The van der Waals surface area contributed by atoms with Gasteiger partial charge in [0.25, 0.3) is 0 Å². The highest BCUT2D eigenvalue weighted by Crippen LogP contribution is 2.44. The van der Waals surface area contributed by atoms with Crippen LogP contribution in [0.5, 0.6) is 0 Å². The lowest BCUT2D eigenvalue weighted by atomic mass is 9.84. The summed E-state index contributed by atoms with van der Waals surface area (Å²) < 4.78 is 0. The third-order valence-corrected chi connectivity index (χ3v) is 5.91. The zero-order valence-corrected chi connectivity index (χ0v) is 16.7. The van der Waals surface area contributed by atoms with Gasteiger partial charge in [0.05, 0.1) is 6.10 Å². The van der Waals surface area contributed by atoms with Crippen molar-refractivity contribution in [3.8, 4) is 0 Å². The first-order valence-corrected chi connectivity index (χ1v) is 10.2. The molecule has 0 aliphatic heterocycles. The van der Waals surface area contributed by atoms with Gasteiger partial charge in [-0.05, 0) is 55.1 Å². The smallest absolute Gasteiger partial charge is 0.303 e. The van der Waals surface area contributed by atoms with Gasteiger partial charge in [0, 0.05) is 24.3 Å². The average Bonchev–Trinajstić information content (AvgIpc) is 2.91. The number of aliphatic hydroxyl groups is 2. The van der Waals surface area contributed by atoms with E-state index in [0.717, 1.165) is 24.8 Å². The molecule has 0 heterocycles. The van der Waals surface area contributed by atoms with E-state index in [9.17, 15) is 15.0 Å². The number of hydrogen-bond acceptors (Lipinski definition) is 3. The van der Waals surface area contributed by atoms with Crippen molar-refractivity contribution in [3.63, 3.8) is 0 Å². The van der Waals surface area contributed by atoms with Crippen molar-refractivity contribution in [2.24, 2.45) is 11.8 Å². The van der Waals surface area contributed by atoms with Gasteiger partial charge in [-0.25, -0.2) is 0 Å². The van der Waals surface area contributed by atoms with E-state index in [1.807, 2.05) is 13.0 Å². The van der Waals surface area contributed by atoms with Crippen molar-refractivity contribution in [1.29, 1.82) is 0 Å². The number of benzene rings is 1. The van der Waals surface area contributed by atoms with Gasteiger partial charge in [-0.2, -0.15) is 0 Å². The molecule has 0 aromatic heterocycles. The highest BCUT2D eigenvalue weighted by molar-refractivity contribution is 6.21. The van der Waals surface area contributed by atoms with Crippen LogP contribution in [0.4, 0.5) is 0 Å².